The monoisotopic (exact) mass is 553 g/mol. The van der Waals surface area contributed by atoms with E-state index in [1.165, 1.54) is 0 Å². The molecule has 0 aromatic heterocycles. The van der Waals surface area contributed by atoms with Gasteiger partial charge >= 0.3 is 0 Å². The largest absolute Gasteiger partial charge is 0.394 e. The van der Waals surface area contributed by atoms with Gasteiger partial charge in [0.05, 0.1) is 17.9 Å². The first-order valence-electron chi connectivity index (χ1n) is 12.6. The van der Waals surface area contributed by atoms with Gasteiger partial charge in [-0.2, -0.15) is 0 Å². The van der Waals surface area contributed by atoms with Crippen molar-refractivity contribution >= 4 is 44.5 Å². The lowest BCUT2D eigenvalue weighted by atomic mass is 10.0. The minimum atomic E-state index is -0.149. The molecule has 2 aromatic rings. The lowest BCUT2D eigenvalue weighted by Gasteiger charge is -2.34. The van der Waals surface area contributed by atoms with Crippen LogP contribution in [-0.2, 0) is 14.4 Å². The van der Waals surface area contributed by atoms with Crippen molar-refractivity contribution < 1.29 is 14.4 Å². The molecule has 5 rings (SSSR count). The Kier molecular flexibility index (Phi) is 8.01. The number of anilines is 2. The summed E-state index contributed by atoms with van der Waals surface area (Å²) in [4.78, 5) is 23.6. The van der Waals surface area contributed by atoms with E-state index in [4.69, 9.17) is 9.57 Å². The molecule has 0 radical (unpaired) electrons. The first-order chi connectivity index (χ1) is 17.6. The fourth-order valence-electron chi connectivity index (χ4n) is 4.75. The smallest absolute Gasteiger partial charge is 0.258 e. The van der Waals surface area contributed by atoms with Gasteiger partial charge in [-0.25, -0.2) is 0 Å². The minimum Gasteiger partial charge on any atom is -0.394 e. The van der Waals surface area contributed by atoms with Crippen molar-refractivity contribution in [1.29, 1.82) is 0 Å². The molecule has 0 bridgehead atoms. The molecule has 0 aliphatic carbocycles. The summed E-state index contributed by atoms with van der Waals surface area (Å²) in [6.07, 6.45) is 1.07. The highest BCUT2D eigenvalue weighted by Gasteiger charge is 2.34. The summed E-state index contributed by atoms with van der Waals surface area (Å²) in [6.45, 7) is 10.2. The molecule has 3 heterocycles. The first-order valence-corrected chi connectivity index (χ1v) is 13.4. The number of fused-ring (bicyclic) bond motifs is 2. The van der Waals surface area contributed by atoms with Gasteiger partial charge in [-0.3, -0.25) is 14.6 Å². The molecule has 36 heavy (non-hydrogen) atoms. The maximum Gasteiger partial charge on any atom is 0.258 e. The summed E-state index contributed by atoms with van der Waals surface area (Å²) >= 11 is 3.52. The quantitative estimate of drug-likeness (QED) is 0.277. The van der Waals surface area contributed by atoms with E-state index in [1.807, 2.05) is 42.5 Å². The van der Waals surface area contributed by atoms with Crippen LogP contribution < -0.4 is 10.6 Å². The Morgan fingerprint density at radius 2 is 1.64 bits per heavy atom. The number of piperazine rings is 1. The van der Waals surface area contributed by atoms with Gasteiger partial charge in [-0.05, 0) is 30.7 Å². The second-order valence-corrected chi connectivity index (χ2v) is 10.0. The number of hydrogen-bond acceptors (Lipinski definition) is 7. The predicted octanol–water partition coefficient (Wildman–Crippen LogP) is 4.00. The van der Waals surface area contributed by atoms with Crippen LogP contribution in [0.15, 0.2) is 57.8 Å². The van der Waals surface area contributed by atoms with Crippen LogP contribution in [0.4, 0.5) is 11.4 Å². The van der Waals surface area contributed by atoms with Crippen molar-refractivity contribution in [2.45, 2.75) is 13.3 Å². The van der Waals surface area contributed by atoms with Gasteiger partial charge in [-0.15, -0.1) is 0 Å². The van der Waals surface area contributed by atoms with Crippen LogP contribution in [0.3, 0.4) is 0 Å². The molecule has 3 aliphatic rings. The van der Waals surface area contributed by atoms with E-state index in [9.17, 15) is 4.79 Å². The molecule has 8 nitrogen and oxygen atoms in total. The molecule has 1 amide bonds. The molecule has 190 valence electrons. The Hall–Kier alpha value is -2.72. The first kappa shape index (κ1) is 25.0. The third-order valence-corrected chi connectivity index (χ3v) is 7.17. The van der Waals surface area contributed by atoms with Gasteiger partial charge in [0, 0.05) is 72.8 Å². The number of para-hydroxylation sites is 1. The van der Waals surface area contributed by atoms with E-state index in [0.717, 1.165) is 85.9 Å². The number of carbonyl (C=O) groups excluding carboxylic acids is 1. The zero-order valence-electron chi connectivity index (χ0n) is 20.6. The van der Waals surface area contributed by atoms with Crippen LogP contribution in [0.2, 0.25) is 0 Å². The second kappa shape index (κ2) is 11.6. The number of halogens is 1. The molecule has 1 fully saturated rings. The van der Waals surface area contributed by atoms with Crippen molar-refractivity contribution in [3.05, 3.63) is 63.8 Å². The summed E-state index contributed by atoms with van der Waals surface area (Å²) in [5.74, 6) is -0.149. The normalized spacial score (nSPS) is 20.8. The number of rotatable bonds is 9. The van der Waals surface area contributed by atoms with Gasteiger partial charge in [0.1, 0.15) is 12.3 Å². The SMILES string of the molecule is CCCOCCN1CCN(CCO/N=C2/C(=C3/C(=O)Nc4ccc(Br)cc43)Nc3ccccc32)CC1. The molecule has 0 atom stereocenters. The van der Waals surface area contributed by atoms with Crippen LogP contribution in [0.5, 0.6) is 0 Å². The molecule has 2 N–H and O–H groups in total. The van der Waals surface area contributed by atoms with Crippen molar-refractivity contribution in [2.75, 3.05) is 69.7 Å². The van der Waals surface area contributed by atoms with Gasteiger partial charge in [0.15, 0.2) is 0 Å². The molecule has 0 spiro atoms. The van der Waals surface area contributed by atoms with E-state index >= 15 is 0 Å². The van der Waals surface area contributed by atoms with Crippen molar-refractivity contribution in [3.63, 3.8) is 0 Å². The number of hydrogen-bond donors (Lipinski definition) is 2. The zero-order valence-corrected chi connectivity index (χ0v) is 22.1. The highest BCUT2D eigenvalue weighted by Crippen LogP contribution is 2.40. The molecule has 2 aromatic carbocycles. The number of oxime groups is 1. The third-order valence-electron chi connectivity index (χ3n) is 6.67. The van der Waals surface area contributed by atoms with Crippen molar-refractivity contribution in [1.82, 2.24) is 9.80 Å². The zero-order chi connectivity index (χ0) is 24.9. The molecule has 1 saturated heterocycles. The lowest BCUT2D eigenvalue weighted by Crippen LogP contribution is -2.48. The van der Waals surface area contributed by atoms with Crippen LogP contribution in [0.25, 0.3) is 5.57 Å². The Labute approximate surface area is 220 Å². The van der Waals surface area contributed by atoms with Crippen molar-refractivity contribution in [2.24, 2.45) is 5.16 Å². The maximum atomic E-state index is 12.9. The van der Waals surface area contributed by atoms with Crippen LogP contribution in [0, 0.1) is 0 Å². The van der Waals surface area contributed by atoms with Crippen molar-refractivity contribution in [3.8, 4) is 0 Å². The Morgan fingerprint density at radius 1 is 0.917 bits per heavy atom. The number of nitrogens with zero attached hydrogens (tertiary/aromatic N) is 3. The van der Waals surface area contributed by atoms with Crippen LogP contribution >= 0.6 is 15.9 Å². The number of benzene rings is 2. The van der Waals surface area contributed by atoms with Crippen LogP contribution in [0.1, 0.15) is 24.5 Å². The predicted molar refractivity (Wildman–Crippen MR) is 146 cm³/mol. The standard InChI is InChI=1S/C27H32BrN5O3/c1-2-15-35-16-13-32-9-11-33(12-10-32)14-17-36-31-25-20-5-3-4-6-22(20)29-26(25)24-21-18-19(28)7-8-23(21)30-27(24)34/h3-8,18,29H,2,9-17H2,1H3,(H,30,34)/b26-24-,31-25+. The lowest BCUT2D eigenvalue weighted by molar-refractivity contribution is -0.110. The fraction of sp³-hybridized carbons (Fsp3) is 0.407. The highest BCUT2D eigenvalue weighted by molar-refractivity contribution is 9.10. The maximum absolute atomic E-state index is 12.9. The van der Waals surface area contributed by atoms with Gasteiger partial charge in [-0.1, -0.05) is 46.2 Å². The van der Waals surface area contributed by atoms with E-state index in [1.54, 1.807) is 0 Å². The van der Waals surface area contributed by atoms with Crippen LogP contribution in [-0.4, -0.2) is 80.5 Å². The number of carbonyl (C=O) groups is 1. The summed E-state index contributed by atoms with van der Waals surface area (Å²) in [6, 6.07) is 13.7. The molecular weight excluding hydrogens is 522 g/mol. The summed E-state index contributed by atoms with van der Waals surface area (Å²) < 4.78 is 6.53. The van der Waals surface area contributed by atoms with E-state index in [2.05, 4.69) is 48.4 Å². The second-order valence-electron chi connectivity index (χ2n) is 9.13. The third kappa shape index (κ3) is 5.49. The molecule has 3 aliphatic heterocycles. The molecular formula is C27H32BrN5O3. The number of amides is 1. The summed E-state index contributed by atoms with van der Waals surface area (Å²) in [5.41, 5.74) is 5.37. The van der Waals surface area contributed by atoms with Gasteiger partial charge in [0.2, 0.25) is 0 Å². The number of nitrogens with one attached hydrogen (secondary N) is 2. The summed E-state index contributed by atoms with van der Waals surface area (Å²) in [5, 5.41) is 10.9. The number of ether oxygens (including phenoxy) is 1. The Bertz CT molecular complexity index is 1170. The Balaban J connectivity index is 1.24. The average Bonchev–Trinajstić information content (AvgIpc) is 3.41. The minimum absolute atomic E-state index is 0.149. The molecule has 0 unspecified atom stereocenters. The van der Waals surface area contributed by atoms with E-state index in [-0.39, 0.29) is 5.91 Å². The highest BCUT2D eigenvalue weighted by atomic mass is 79.9. The average molecular weight is 554 g/mol. The van der Waals surface area contributed by atoms with Gasteiger partial charge in [0.25, 0.3) is 5.91 Å². The fourth-order valence-corrected chi connectivity index (χ4v) is 5.11. The van der Waals surface area contributed by atoms with E-state index in [0.29, 0.717) is 23.6 Å². The number of allylic oxidation sites excluding steroid dienone is 1. The van der Waals surface area contributed by atoms with E-state index < -0.39 is 0 Å². The van der Waals surface area contributed by atoms with Gasteiger partial charge < -0.3 is 20.2 Å². The summed E-state index contributed by atoms with van der Waals surface area (Å²) in [7, 11) is 0. The molecule has 0 saturated carbocycles. The topological polar surface area (TPSA) is 78.4 Å². The molecule has 9 heteroatoms. The Morgan fingerprint density at radius 3 is 2.42 bits per heavy atom.